The predicted molar refractivity (Wildman–Crippen MR) is 95.5 cm³/mol. The Morgan fingerprint density at radius 1 is 1.25 bits per heavy atom. The van der Waals surface area contributed by atoms with Gasteiger partial charge in [-0.3, -0.25) is 0 Å². The van der Waals surface area contributed by atoms with Gasteiger partial charge in [0.1, 0.15) is 15.0 Å². The molecule has 0 atom stereocenters. The van der Waals surface area contributed by atoms with E-state index in [-0.39, 0.29) is 12.4 Å². The Hall–Kier alpha value is -1.61. The molecule has 1 N–H and O–H groups in total. The molecule has 4 nitrogen and oxygen atoms in total. The summed E-state index contributed by atoms with van der Waals surface area (Å²) in [5.74, 6) is -0.303. The van der Waals surface area contributed by atoms with Gasteiger partial charge in [0.2, 0.25) is 10.0 Å². The molecule has 0 aliphatic carbocycles. The molecule has 0 spiro atoms. The molecule has 0 fully saturated rings. The van der Waals surface area contributed by atoms with E-state index in [1.807, 2.05) is 12.3 Å². The van der Waals surface area contributed by atoms with Gasteiger partial charge in [-0.05, 0) is 31.2 Å². The molecule has 0 bridgehead atoms. The molecule has 126 valence electrons. The van der Waals surface area contributed by atoms with Crippen molar-refractivity contribution in [3.05, 3.63) is 58.2 Å². The first kappa shape index (κ1) is 17.2. The molecule has 2 heterocycles. The van der Waals surface area contributed by atoms with E-state index in [4.69, 9.17) is 0 Å². The van der Waals surface area contributed by atoms with Crippen LogP contribution in [-0.4, -0.2) is 19.9 Å². The monoisotopic (exact) mass is 382 g/mol. The van der Waals surface area contributed by atoms with Gasteiger partial charge in [-0.15, -0.1) is 22.7 Å². The van der Waals surface area contributed by atoms with Gasteiger partial charge in [-0.25, -0.2) is 22.5 Å². The number of thiazole rings is 1. The second kappa shape index (κ2) is 7.10. The minimum atomic E-state index is -3.47. The molecule has 1 aromatic carbocycles. The molecule has 0 saturated heterocycles. The van der Waals surface area contributed by atoms with E-state index in [1.54, 1.807) is 24.3 Å². The fourth-order valence-corrected chi connectivity index (χ4v) is 5.33. The second-order valence-corrected chi connectivity index (χ2v) is 9.31. The molecule has 0 aliphatic rings. The Morgan fingerprint density at radius 2 is 2.08 bits per heavy atom. The highest BCUT2D eigenvalue weighted by Crippen LogP contribution is 2.24. The van der Waals surface area contributed by atoms with Crippen molar-refractivity contribution in [3.8, 4) is 10.6 Å². The number of rotatable bonds is 6. The number of sulfonamides is 1. The van der Waals surface area contributed by atoms with Crippen molar-refractivity contribution in [3.63, 3.8) is 0 Å². The van der Waals surface area contributed by atoms with Crippen molar-refractivity contribution < 1.29 is 12.8 Å². The van der Waals surface area contributed by atoms with E-state index in [2.05, 4.69) is 9.71 Å². The standard InChI is InChI=1S/C16H15FN2O2S3/c1-11-5-6-15(23-11)24(20,21)18-8-7-14-10-22-16(19-14)12-3-2-4-13(17)9-12/h2-6,9-10,18H,7-8H2,1H3. The lowest BCUT2D eigenvalue weighted by Crippen LogP contribution is -2.25. The molecule has 8 heteroatoms. The Balaban J connectivity index is 1.62. The normalized spacial score (nSPS) is 11.8. The predicted octanol–water partition coefficient (Wildman–Crippen LogP) is 3.84. The van der Waals surface area contributed by atoms with Crippen LogP contribution in [0, 0.1) is 12.7 Å². The average Bonchev–Trinajstić information content (AvgIpc) is 3.16. The summed E-state index contributed by atoms with van der Waals surface area (Å²) in [7, 11) is -3.47. The summed E-state index contributed by atoms with van der Waals surface area (Å²) in [6, 6.07) is 9.65. The van der Waals surface area contributed by atoms with Gasteiger partial charge in [0.05, 0.1) is 5.69 Å². The van der Waals surface area contributed by atoms with E-state index < -0.39 is 10.0 Å². The topological polar surface area (TPSA) is 59.1 Å². The molecule has 0 aliphatic heterocycles. The number of halogens is 1. The molecule has 0 amide bonds. The lowest BCUT2D eigenvalue weighted by atomic mass is 10.2. The van der Waals surface area contributed by atoms with Gasteiger partial charge in [-0.2, -0.15) is 0 Å². The van der Waals surface area contributed by atoms with Crippen LogP contribution >= 0.6 is 22.7 Å². The first-order chi connectivity index (χ1) is 11.4. The number of nitrogens with zero attached hydrogens (tertiary/aromatic N) is 1. The van der Waals surface area contributed by atoms with Crippen LogP contribution in [0.15, 0.2) is 46.0 Å². The summed E-state index contributed by atoms with van der Waals surface area (Å²) in [5, 5.41) is 2.59. The molecule has 0 unspecified atom stereocenters. The molecule has 0 radical (unpaired) electrons. The van der Waals surface area contributed by atoms with Crippen molar-refractivity contribution in [2.45, 2.75) is 17.6 Å². The lowest BCUT2D eigenvalue weighted by molar-refractivity contribution is 0.583. The summed E-state index contributed by atoms with van der Waals surface area (Å²) < 4.78 is 40.4. The number of hydrogen-bond donors (Lipinski definition) is 1. The van der Waals surface area contributed by atoms with Crippen molar-refractivity contribution in [2.75, 3.05) is 6.54 Å². The van der Waals surface area contributed by atoms with Crippen LogP contribution < -0.4 is 4.72 Å². The van der Waals surface area contributed by atoms with E-state index in [0.29, 0.717) is 10.6 Å². The smallest absolute Gasteiger partial charge is 0.241 e. The lowest BCUT2D eigenvalue weighted by Gasteiger charge is -2.03. The molecular formula is C16H15FN2O2S3. The van der Waals surface area contributed by atoms with Crippen LogP contribution in [0.4, 0.5) is 4.39 Å². The molecule has 24 heavy (non-hydrogen) atoms. The van der Waals surface area contributed by atoms with E-state index in [1.165, 1.54) is 34.8 Å². The van der Waals surface area contributed by atoms with Crippen LogP contribution in [0.3, 0.4) is 0 Å². The van der Waals surface area contributed by atoms with Crippen LogP contribution in [-0.2, 0) is 16.4 Å². The Morgan fingerprint density at radius 3 is 2.79 bits per heavy atom. The maximum atomic E-state index is 13.3. The SMILES string of the molecule is Cc1ccc(S(=O)(=O)NCCc2csc(-c3cccc(F)c3)n2)s1. The van der Waals surface area contributed by atoms with Crippen molar-refractivity contribution >= 4 is 32.7 Å². The number of benzene rings is 1. The van der Waals surface area contributed by atoms with Gasteiger partial charge in [-0.1, -0.05) is 12.1 Å². The third kappa shape index (κ3) is 4.07. The summed E-state index contributed by atoms with van der Waals surface area (Å²) >= 11 is 2.66. The fraction of sp³-hybridized carbons (Fsp3) is 0.188. The average molecular weight is 383 g/mol. The van der Waals surface area contributed by atoms with E-state index in [0.717, 1.165) is 21.1 Å². The zero-order chi connectivity index (χ0) is 17.2. The zero-order valence-corrected chi connectivity index (χ0v) is 15.3. The van der Waals surface area contributed by atoms with E-state index in [9.17, 15) is 12.8 Å². The second-order valence-electron chi connectivity index (χ2n) is 5.17. The maximum Gasteiger partial charge on any atom is 0.250 e. The van der Waals surface area contributed by atoms with Crippen molar-refractivity contribution in [2.24, 2.45) is 0 Å². The highest BCUT2D eigenvalue weighted by Gasteiger charge is 2.15. The molecule has 3 rings (SSSR count). The number of nitrogens with one attached hydrogen (secondary N) is 1. The quantitative estimate of drug-likeness (QED) is 0.705. The fourth-order valence-electron chi connectivity index (χ4n) is 2.12. The zero-order valence-electron chi connectivity index (χ0n) is 12.8. The van der Waals surface area contributed by atoms with Gasteiger partial charge in [0, 0.05) is 28.8 Å². The third-order valence-corrected chi connectivity index (χ3v) is 7.17. The van der Waals surface area contributed by atoms with Crippen LogP contribution in [0.2, 0.25) is 0 Å². The summed E-state index contributed by atoms with van der Waals surface area (Å²) in [4.78, 5) is 5.39. The van der Waals surface area contributed by atoms with Crippen LogP contribution in [0.25, 0.3) is 10.6 Å². The van der Waals surface area contributed by atoms with Gasteiger partial charge < -0.3 is 0 Å². The largest absolute Gasteiger partial charge is 0.250 e. The van der Waals surface area contributed by atoms with Gasteiger partial charge in [0.25, 0.3) is 0 Å². The number of aryl methyl sites for hydroxylation is 1. The minimum absolute atomic E-state index is 0.269. The highest BCUT2D eigenvalue weighted by molar-refractivity contribution is 7.91. The van der Waals surface area contributed by atoms with Gasteiger partial charge in [0.15, 0.2) is 0 Å². The van der Waals surface area contributed by atoms with Crippen LogP contribution in [0.1, 0.15) is 10.6 Å². The molecular weight excluding hydrogens is 367 g/mol. The number of aromatic nitrogens is 1. The van der Waals surface area contributed by atoms with E-state index >= 15 is 0 Å². The number of thiophene rings is 1. The molecule has 0 saturated carbocycles. The van der Waals surface area contributed by atoms with Crippen molar-refractivity contribution in [1.29, 1.82) is 0 Å². The van der Waals surface area contributed by atoms with Crippen LogP contribution in [0.5, 0.6) is 0 Å². The summed E-state index contributed by atoms with van der Waals surface area (Å²) in [6.07, 6.45) is 0.482. The Bertz CT molecular complexity index is 948. The number of hydrogen-bond acceptors (Lipinski definition) is 5. The molecule has 2 aromatic heterocycles. The first-order valence-corrected chi connectivity index (χ1v) is 10.4. The Labute approximate surface area is 148 Å². The Kier molecular flexibility index (Phi) is 5.09. The molecule has 3 aromatic rings. The minimum Gasteiger partial charge on any atom is -0.241 e. The highest BCUT2D eigenvalue weighted by atomic mass is 32.2. The maximum absolute atomic E-state index is 13.3. The first-order valence-electron chi connectivity index (χ1n) is 7.20. The van der Waals surface area contributed by atoms with Gasteiger partial charge >= 0.3 is 0 Å². The van der Waals surface area contributed by atoms with Crippen molar-refractivity contribution in [1.82, 2.24) is 9.71 Å². The third-order valence-electron chi connectivity index (χ3n) is 3.28. The summed E-state index contributed by atoms with van der Waals surface area (Å²) in [6.45, 7) is 2.14. The summed E-state index contributed by atoms with van der Waals surface area (Å²) in [5.41, 5.74) is 1.50.